The van der Waals surface area contributed by atoms with Crippen LogP contribution in [0.2, 0.25) is 0 Å². The molecule has 4 rings (SSSR count). The first-order chi connectivity index (χ1) is 13.3. The van der Waals surface area contributed by atoms with E-state index in [1.807, 2.05) is 60.7 Å². The summed E-state index contributed by atoms with van der Waals surface area (Å²) in [5.41, 5.74) is 2.63. The van der Waals surface area contributed by atoms with Gasteiger partial charge in [-0.3, -0.25) is 9.78 Å². The van der Waals surface area contributed by atoms with Crippen LogP contribution >= 0.6 is 0 Å². The average molecular weight is 355 g/mol. The Bertz CT molecular complexity index is 1080. The van der Waals surface area contributed by atoms with Crippen molar-refractivity contribution < 1.29 is 9.53 Å². The molecule has 0 saturated heterocycles. The fourth-order valence-corrected chi connectivity index (χ4v) is 2.80. The fourth-order valence-electron chi connectivity index (χ4n) is 2.80. The van der Waals surface area contributed by atoms with Gasteiger partial charge in [0.05, 0.1) is 11.2 Å². The zero-order valence-corrected chi connectivity index (χ0v) is 14.5. The summed E-state index contributed by atoms with van der Waals surface area (Å²) >= 11 is 0. The Morgan fingerprint density at radius 1 is 0.852 bits per heavy atom. The molecule has 5 nitrogen and oxygen atoms in total. The Morgan fingerprint density at radius 2 is 1.63 bits per heavy atom. The number of nitrogens with zero attached hydrogens (tertiary/aromatic N) is 2. The third kappa shape index (κ3) is 3.77. The average Bonchev–Trinajstić information content (AvgIpc) is 2.73. The van der Waals surface area contributed by atoms with Gasteiger partial charge in [0.15, 0.2) is 11.4 Å². The van der Waals surface area contributed by atoms with Crippen molar-refractivity contribution in [2.45, 2.75) is 6.61 Å². The van der Waals surface area contributed by atoms with Crippen LogP contribution in [0.15, 0.2) is 85.2 Å². The van der Waals surface area contributed by atoms with Crippen molar-refractivity contribution in [3.8, 4) is 5.75 Å². The molecular weight excluding hydrogens is 338 g/mol. The topological polar surface area (TPSA) is 64.1 Å². The van der Waals surface area contributed by atoms with Gasteiger partial charge in [-0.05, 0) is 29.8 Å². The van der Waals surface area contributed by atoms with E-state index in [-0.39, 0.29) is 11.6 Å². The van der Waals surface area contributed by atoms with Gasteiger partial charge < -0.3 is 10.1 Å². The lowest BCUT2D eigenvalue weighted by Gasteiger charge is -2.12. The predicted octanol–water partition coefficient (Wildman–Crippen LogP) is 4.46. The van der Waals surface area contributed by atoms with E-state index in [4.69, 9.17) is 4.74 Å². The van der Waals surface area contributed by atoms with Crippen LogP contribution in [-0.2, 0) is 6.61 Å². The summed E-state index contributed by atoms with van der Waals surface area (Å²) in [6.45, 7) is 0.364. The number of aromatic nitrogens is 2. The maximum absolute atomic E-state index is 12.8. The van der Waals surface area contributed by atoms with Crippen LogP contribution < -0.4 is 10.1 Å². The number of amides is 1. The molecule has 0 aliphatic heterocycles. The maximum Gasteiger partial charge on any atom is 0.278 e. The molecule has 4 aromatic rings. The Morgan fingerprint density at radius 3 is 2.52 bits per heavy atom. The van der Waals surface area contributed by atoms with Crippen molar-refractivity contribution in [2.24, 2.45) is 0 Å². The van der Waals surface area contributed by atoms with E-state index >= 15 is 0 Å². The number of pyridine rings is 2. The van der Waals surface area contributed by atoms with Crippen LogP contribution in [0.3, 0.4) is 0 Å². The van der Waals surface area contributed by atoms with Crippen LogP contribution in [0.5, 0.6) is 5.75 Å². The van der Waals surface area contributed by atoms with E-state index in [0.29, 0.717) is 18.0 Å². The highest BCUT2D eigenvalue weighted by Crippen LogP contribution is 2.23. The van der Waals surface area contributed by atoms with Gasteiger partial charge in [-0.1, -0.05) is 48.5 Å². The maximum atomic E-state index is 12.8. The van der Waals surface area contributed by atoms with Gasteiger partial charge in [0.2, 0.25) is 0 Å². The molecule has 132 valence electrons. The van der Waals surface area contributed by atoms with Crippen LogP contribution in [0.25, 0.3) is 10.9 Å². The molecule has 0 atom stereocenters. The SMILES string of the molecule is O=C(Nc1cccc2cccnc12)c1ncccc1OCc1ccccc1. The summed E-state index contributed by atoms with van der Waals surface area (Å²) in [7, 11) is 0. The molecule has 5 heteroatoms. The third-order valence-corrected chi connectivity index (χ3v) is 4.10. The van der Waals surface area contributed by atoms with Gasteiger partial charge in [0.25, 0.3) is 5.91 Å². The lowest BCUT2D eigenvalue weighted by Crippen LogP contribution is -2.15. The quantitative estimate of drug-likeness (QED) is 0.574. The van der Waals surface area contributed by atoms with Crippen LogP contribution in [-0.4, -0.2) is 15.9 Å². The molecule has 27 heavy (non-hydrogen) atoms. The minimum Gasteiger partial charge on any atom is -0.486 e. The molecule has 1 amide bonds. The Balaban J connectivity index is 1.57. The molecule has 0 unspecified atom stereocenters. The highest BCUT2D eigenvalue weighted by Gasteiger charge is 2.15. The van der Waals surface area contributed by atoms with Crippen molar-refractivity contribution >= 4 is 22.5 Å². The molecule has 0 radical (unpaired) electrons. The van der Waals surface area contributed by atoms with Gasteiger partial charge >= 0.3 is 0 Å². The number of hydrogen-bond donors (Lipinski definition) is 1. The highest BCUT2D eigenvalue weighted by molar-refractivity contribution is 6.08. The molecule has 2 aromatic heterocycles. The number of benzene rings is 2. The van der Waals surface area contributed by atoms with Crippen molar-refractivity contribution in [3.05, 3.63) is 96.4 Å². The monoisotopic (exact) mass is 355 g/mol. The van der Waals surface area contributed by atoms with Gasteiger partial charge in [0, 0.05) is 17.8 Å². The zero-order chi connectivity index (χ0) is 18.5. The second-order valence-electron chi connectivity index (χ2n) is 5.96. The van der Waals surface area contributed by atoms with E-state index < -0.39 is 0 Å². The van der Waals surface area contributed by atoms with Crippen molar-refractivity contribution in [1.82, 2.24) is 9.97 Å². The summed E-state index contributed by atoms with van der Waals surface area (Å²) < 4.78 is 5.83. The molecule has 0 fully saturated rings. The Labute approximate surface area is 156 Å². The Hall–Kier alpha value is -3.73. The van der Waals surface area contributed by atoms with E-state index in [2.05, 4.69) is 15.3 Å². The largest absolute Gasteiger partial charge is 0.486 e. The molecule has 1 N–H and O–H groups in total. The number of ether oxygens (including phenoxy) is 1. The molecular formula is C22H17N3O2. The molecule has 0 aliphatic carbocycles. The molecule has 2 heterocycles. The first-order valence-electron chi connectivity index (χ1n) is 8.58. The minimum absolute atomic E-state index is 0.237. The number of hydrogen-bond acceptors (Lipinski definition) is 4. The first-order valence-corrected chi connectivity index (χ1v) is 8.58. The Kier molecular flexibility index (Phi) is 4.74. The van der Waals surface area contributed by atoms with Crippen LogP contribution in [0.1, 0.15) is 16.1 Å². The summed E-state index contributed by atoms with van der Waals surface area (Å²) in [6, 6.07) is 22.7. The predicted molar refractivity (Wildman–Crippen MR) is 105 cm³/mol. The van der Waals surface area contributed by atoms with Gasteiger partial charge in [-0.15, -0.1) is 0 Å². The van der Waals surface area contributed by atoms with Crippen LogP contribution in [0.4, 0.5) is 5.69 Å². The molecule has 0 aliphatic rings. The number of carbonyl (C=O) groups excluding carboxylic acids is 1. The van der Waals surface area contributed by atoms with Crippen LogP contribution in [0, 0.1) is 0 Å². The number of carbonyl (C=O) groups is 1. The highest BCUT2D eigenvalue weighted by atomic mass is 16.5. The zero-order valence-electron chi connectivity index (χ0n) is 14.5. The lowest BCUT2D eigenvalue weighted by molar-refractivity contribution is 0.101. The standard InChI is InChI=1S/C22H17N3O2/c26-22(25-18-11-4-9-17-10-5-13-23-20(17)18)21-19(12-6-14-24-21)27-15-16-7-2-1-3-8-16/h1-14H,15H2,(H,25,26). The molecule has 0 saturated carbocycles. The minimum atomic E-state index is -0.336. The normalized spacial score (nSPS) is 10.5. The van der Waals surface area contributed by atoms with Gasteiger partial charge in [0.1, 0.15) is 6.61 Å². The fraction of sp³-hybridized carbons (Fsp3) is 0.0455. The number of nitrogens with one attached hydrogen (secondary N) is 1. The molecule has 2 aromatic carbocycles. The second-order valence-corrected chi connectivity index (χ2v) is 5.96. The molecule has 0 spiro atoms. The lowest BCUT2D eigenvalue weighted by atomic mass is 10.2. The summed E-state index contributed by atoms with van der Waals surface area (Å²) in [4.78, 5) is 21.4. The third-order valence-electron chi connectivity index (χ3n) is 4.10. The molecule has 0 bridgehead atoms. The summed E-state index contributed by atoms with van der Waals surface area (Å²) in [5, 5.41) is 3.85. The van der Waals surface area contributed by atoms with Crippen molar-refractivity contribution in [1.29, 1.82) is 0 Å². The first kappa shape index (κ1) is 16.7. The van der Waals surface area contributed by atoms with E-state index in [0.717, 1.165) is 16.5 Å². The number of para-hydroxylation sites is 1. The smallest absolute Gasteiger partial charge is 0.278 e. The van der Waals surface area contributed by atoms with E-state index in [9.17, 15) is 4.79 Å². The van der Waals surface area contributed by atoms with Crippen molar-refractivity contribution in [2.75, 3.05) is 5.32 Å². The number of anilines is 1. The van der Waals surface area contributed by atoms with E-state index in [1.165, 1.54) is 0 Å². The van der Waals surface area contributed by atoms with Crippen molar-refractivity contribution in [3.63, 3.8) is 0 Å². The van der Waals surface area contributed by atoms with Gasteiger partial charge in [-0.2, -0.15) is 0 Å². The van der Waals surface area contributed by atoms with E-state index in [1.54, 1.807) is 24.5 Å². The summed E-state index contributed by atoms with van der Waals surface area (Å²) in [6.07, 6.45) is 3.28. The number of fused-ring (bicyclic) bond motifs is 1. The summed E-state index contributed by atoms with van der Waals surface area (Å²) in [5.74, 6) is 0.101. The number of rotatable bonds is 5. The van der Waals surface area contributed by atoms with Gasteiger partial charge in [-0.25, -0.2) is 4.98 Å². The second kappa shape index (κ2) is 7.66.